The van der Waals surface area contributed by atoms with Crippen LogP contribution < -0.4 is 15.5 Å². The van der Waals surface area contributed by atoms with E-state index in [9.17, 15) is 4.79 Å². The smallest absolute Gasteiger partial charge is 0.293 e. The summed E-state index contributed by atoms with van der Waals surface area (Å²) in [5.74, 6) is 0.110. The van der Waals surface area contributed by atoms with Crippen LogP contribution in [-0.2, 0) is 0 Å². The molecule has 0 unspecified atom stereocenters. The average molecular weight is 489 g/mol. The Morgan fingerprint density at radius 3 is 2.56 bits per heavy atom. The van der Waals surface area contributed by atoms with Crippen LogP contribution in [0.2, 0.25) is 10.0 Å². The number of piperazine rings is 1. The molecule has 0 saturated carbocycles. The number of hydrogen-bond donors (Lipinski definition) is 2. The lowest BCUT2D eigenvalue weighted by Crippen LogP contribution is -2.45. The number of thiocarbonyl (C=S) groups is 1. The van der Waals surface area contributed by atoms with Crippen molar-refractivity contribution in [3.8, 4) is 11.3 Å². The molecule has 0 bridgehead atoms. The van der Waals surface area contributed by atoms with Gasteiger partial charge < -0.3 is 19.5 Å². The Balaban J connectivity index is 1.43. The van der Waals surface area contributed by atoms with Crippen molar-refractivity contribution in [2.75, 3.05) is 43.4 Å². The minimum Gasteiger partial charge on any atom is -0.451 e. The fourth-order valence-corrected chi connectivity index (χ4v) is 4.10. The summed E-state index contributed by atoms with van der Waals surface area (Å²) in [6.45, 7) is 3.84. The number of nitrogens with one attached hydrogen (secondary N) is 2. The van der Waals surface area contributed by atoms with E-state index in [-0.39, 0.29) is 10.9 Å². The molecule has 166 valence electrons. The lowest BCUT2D eigenvalue weighted by atomic mass is 10.2. The molecule has 1 fully saturated rings. The molecule has 3 aromatic rings. The molecule has 2 aromatic carbocycles. The molecule has 0 atom stereocenters. The van der Waals surface area contributed by atoms with Crippen molar-refractivity contribution in [2.24, 2.45) is 0 Å². The van der Waals surface area contributed by atoms with Crippen LogP contribution in [0.1, 0.15) is 10.6 Å². The lowest BCUT2D eigenvalue weighted by molar-refractivity contribution is 0.0951. The third-order valence-corrected chi connectivity index (χ3v) is 6.02. The van der Waals surface area contributed by atoms with Gasteiger partial charge in [-0.2, -0.15) is 0 Å². The number of amides is 1. The lowest BCUT2D eigenvalue weighted by Gasteiger charge is -2.35. The first kappa shape index (κ1) is 22.6. The third kappa shape index (κ3) is 5.24. The second kappa shape index (κ2) is 9.92. The summed E-state index contributed by atoms with van der Waals surface area (Å²) in [6.07, 6.45) is 0. The Bertz CT molecular complexity index is 1140. The fraction of sp³-hybridized carbons (Fsp3) is 0.217. The maximum Gasteiger partial charge on any atom is 0.293 e. The van der Waals surface area contributed by atoms with Crippen molar-refractivity contribution < 1.29 is 9.21 Å². The highest BCUT2D eigenvalue weighted by molar-refractivity contribution is 7.80. The molecule has 32 heavy (non-hydrogen) atoms. The largest absolute Gasteiger partial charge is 0.451 e. The van der Waals surface area contributed by atoms with Gasteiger partial charge in [-0.1, -0.05) is 35.3 Å². The van der Waals surface area contributed by atoms with Gasteiger partial charge >= 0.3 is 0 Å². The molecule has 9 heteroatoms. The predicted molar refractivity (Wildman–Crippen MR) is 134 cm³/mol. The monoisotopic (exact) mass is 488 g/mol. The van der Waals surface area contributed by atoms with E-state index in [4.69, 9.17) is 39.8 Å². The maximum atomic E-state index is 12.7. The highest BCUT2D eigenvalue weighted by Crippen LogP contribution is 2.32. The van der Waals surface area contributed by atoms with Crippen LogP contribution in [0.4, 0.5) is 11.4 Å². The summed E-state index contributed by atoms with van der Waals surface area (Å²) >= 11 is 17.7. The van der Waals surface area contributed by atoms with Gasteiger partial charge in [-0.05, 0) is 61.7 Å². The molecule has 6 nitrogen and oxygen atoms in total. The summed E-state index contributed by atoms with van der Waals surface area (Å²) in [5.41, 5.74) is 2.50. The first-order chi connectivity index (χ1) is 15.4. The number of furan rings is 1. The molecule has 1 aromatic heterocycles. The SMILES string of the molecule is CN1CCN(c2ccccc2NC(=S)NC(=O)c2ccc(-c3cc(Cl)ccc3Cl)o2)CC1. The Kier molecular flexibility index (Phi) is 7.01. The molecule has 4 rings (SSSR count). The molecule has 2 heterocycles. The van der Waals surface area contributed by atoms with E-state index in [2.05, 4.69) is 27.5 Å². The van der Waals surface area contributed by atoms with E-state index in [1.165, 1.54) is 0 Å². The first-order valence-electron chi connectivity index (χ1n) is 10.1. The first-order valence-corrected chi connectivity index (χ1v) is 11.3. The van der Waals surface area contributed by atoms with Gasteiger partial charge in [0, 0.05) is 36.8 Å². The van der Waals surface area contributed by atoms with Gasteiger partial charge in [-0.15, -0.1) is 0 Å². The molecule has 0 spiro atoms. The number of anilines is 2. The Morgan fingerprint density at radius 1 is 1.03 bits per heavy atom. The Labute approximate surface area is 202 Å². The Morgan fingerprint density at radius 2 is 1.78 bits per heavy atom. The molecule has 0 aliphatic carbocycles. The number of hydrogen-bond acceptors (Lipinski definition) is 5. The van der Waals surface area contributed by atoms with Crippen LogP contribution in [0.15, 0.2) is 59.0 Å². The molecule has 1 aliphatic heterocycles. The second-order valence-corrected chi connectivity index (χ2v) is 8.76. The van der Waals surface area contributed by atoms with Gasteiger partial charge in [-0.3, -0.25) is 10.1 Å². The molecular weight excluding hydrogens is 467 g/mol. The van der Waals surface area contributed by atoms with Crippen LogP contribution >= 0.6 is 35.4 Å². The number of halogens is 2. The second-order valence-electron chi connectivity index (χ2n) is 7.50. The predicted octanol–water partition coefficient (Wildman–Crippen LogP) is 5.13. The van der Waals surface area contributed by atoms with E-state index in [0.29, 0.717) is 21.4 Å². The van der Waals surface area contributed by atoms with Gasteiger partial charge in [-0.25, -0.2) is 0 Å². The van der Waals surface area contributed by atoms with Crippen molar-refractivity contribution >= 4 is 57.8 Å². The fourth-order valence-electron chi connectivity index (χ4n) is 3.51. The number of rotatable bonds is 4. The van der Waals surface area contributed by atoms with E-state index >= 15 is 0 Å². The van der Waals surface area contributed by atoms with Gasteiger partial charge in [0.25, 0.3) is 5.91 Å². The molecule has 0 radical (unpaired) electrons. The van der Waals surface area contributed by atoms with Crippen LogP contribution in [0, 0.1) is 0 Å². The van der Waals surface area contributed by atoms with Crippen molar-refractivity contribution in [3.63, 3.8) is 0 Å². The number of carbonyl (C=O) groups is 1. The van der Waals surface area contributed by atoms with E-state index in [1.807, 2.05) is 24.3 Å². The summed E-state index contributed by atoms with van der Waals surface area (Å²) < 4.78 is 5.69. The summed E-state index contributed by atoms with van der Waals surface area (Å²) in [4.78, 5) is 17.3. The normalized spacial score (nSPS) is 14.3. The molecular formula is C23H22Cl2N4O2S. The molecule has 1 saturated heterocycles. The molecule has 2 N–H and O–H groups in total. The number of benzene rings is 2. The van der Waals surface area contributed by atoms with Crippen molar-refractivity contribution in [2.45, 2.75) is 0 Å². The summed E-state index contributed by atoms with van der Waals surface area (Å²) in [5, 5.41) is 7.01. The zero-order chi connectivity index (χ0) is 22.7. The summed E-state index contributed by atoms with van der Waals surface area (Å²) in [7, 11) is 2.12. The third-order valence-electron chi connectivity index (χ3n) is 5.25. The zero-order valence-corrected chi connectivity index (χ0v) is 19.7. The van der Waals surface area contributed by atoms with Gasteiger partial charge in [0.1, 0.15) is 5.76 Å². The highest BCUT2D eigenvalue weighted by atomic mass is 35.5. The minimum atomic E-state index is -0.455. The van der Waals surface area contributed by atoms with Crippen molar-refractivity contribution in [1.82, 2.24) is 10.2 Å². The van der Waals surface area contributed by atoms with E-state index in [1.54, 1.807) is 30.3 Å². The van der Waals surface area contributed by atoms with Gasteiger partial charge in [0.05, 0.1) is 16.4 Å². The quantitative estimate of drug-likeness (QED) is 0.496. The van der Waals surface area contributed by atoms with E-state index < -0.39 is 5.91 Å². The van der Waals surface area contributed by atoms with Crippen LogP contribution in [0.25, 0.3) is 11.3 Å². The molecule has 1 aliphatic rings. The number of nitrogens with zero attached hydrogens (tertiary/aromatic N) is 2. The van der Waals surface area contributed by atoms with Crippen LogP contribution in [0.3, 0.4) is 0 Å². The summed E-state index contributed by atoms with van der Waals surface area (Å²) in [6, 6.07) is 16.2. The van der Waals surface area contributed by atoms with Crippen LogP contribution in [-0.4, -0.2) is 49.1 Å². The number of para-hydroxylation sites is 2. The standard InChI is InChI=1S/C23H22Cl2N4O2S/c1-28-10-12-29(13-11-28)19-5-3-2-4-18(19)26-23(32)27-22(30)21-9-8-20(31-21)16-14-15(24)6-7-17(16)25/h2-9,14H,10-13H2,1H3,(H2,26,27,30,32). The van der Waals surface area contributed by atoms with Crippen molar-refractivity contribution in [3.05, 3.63) is 70.4 Å². The topological polar surface area (TPSA) is 60.8 Å². The number of likely N-dealkylation sites (N-methyl/N-ethyl adjacent to an activating group) is 1. The Hall–Kier alpha value is -2.58. The van der Waals surface area contributed by atoms with E-state index in [0.717, 1.165) is 37.6 Å². The highest BCUT2D eigenvalue weighted by Gasteiger charge is 2.19. The van der Waals surface area contributed by atoms with Gasteiger partial charge in [0.15, 0.2) is 10.9 Å². The number of carbonyl (C=O) groups excluding carboxylic acids is 1. The van der Waals surface area contributed by atoms with Crippen molar-refractivity contribution in [1.29, 1.82) is 0 Å². The average Bonchev–Trinajstić information content (AvgIpc) is 3.27. The molecule has 1 amide bonds. The zero-order valence-electron chi connectivity index (χ0n) is 17.4. The van der Waals surface area contributed by atoms with Gasteiger partial charge in [0.2, 0.25) is 0 Å². The van der Waals surface area contributed by atoms with Crippen LogP contribution in [0.5, 0.6) is 0 Å². The maximum absolute atomic E-state index is 12.7. The minimum absolute atomic E-state index is 0.118.